The minimum Gasteiger partial charge on any atom is -0.477 e. The second-order valence-electron chi connectivity index (χ2n) is 4.03. The smallest absolute Gasteiger partial charge is 0.353 e. The van der Waals surface area contributed by atoms with Gasteiger partial charge in [-0.15, -0.1) is 11.8 Å². The lowest BCUT2D eigenvalue weighted by molar-refractivity contribution is -0.147. The highest BCUT2D eigenvalue weighted by Crippen LogP contribution is 2.42. The number of β-lactam (4-membered cyclic amide) rings is 1. The summed E-state index contributed by atoms with van der Waals surface area (Å²) in [6, 6.07) is -0.490. The Bertz CT molecular complexity index is 573. The number of aromatic nitrogens is 2. The Morgan fingerprint density at radius 3 is 3.11 bits per heavy atom. The molecule has 1 saturated heterocycles. The third kappa shape index (κ3) is 1.87. The summed E-state index contributed by atoms with van der Waals surface area (Å²) in [5.74, 6) is -0.631. The van der Waals surface area contributed by atoms with E-state index in [2.05, 4.69) is 15.3 Å². The van der Waals surface area contributed by atoms with Crippen molar-refractivity contribution in [1.29, 1.82) is 0 Å². The number of nitrogens with zero attached hydrogens (tertiary/aromatic N) is 2. The quantitative estimate of drug-likeness (QED) is 0.709. The predicted octanol–water partition coefficient (Wildman–Crippen LogP) is 0.640. The van der Waals surface area contributed by atoms with Gasteiger partial charge >= 0.3 is 5.97 Å². The van der Waals surface area contributed by atoms with E-state index in [0.29, 0.717) is 11.7 Å². The van der Waals surface area contributed by atoms with Crippen LogP contribution in [-0.4, -0.2) is 49.0 Å². The first-order chi connectivity index (χ1) is 9.09. The Kier molecular flexibility index (Phi) is 2.90. The van der Waals surface area contributed by atoms with Crippen molar-refractivity contribution in [3.63, 3.8) is 0 Å². The number of rotatable bonds is 3. The van der Waals surface area contributed by atoms with Crippen LogP contribution < -0.4 is 5.32 Å². The summed E-state index contributed by atoms with van der Waals surface area (Å²) in [5.41, 5.74) is -0.118. The van der Waals surface area contributed by atoms with Crippen LogP contribution in [0.2, 0.25) is 0 Å². The third-order valence-corrected chi connectivity index (χ3v) is 4.67. The lowest BCUT2D eigenvalue weighted by Gasteiger charge is -2.48. The molecule has 0 saturated carbocycles. The van der Waals surface area contributed by atoms with Crippen LogP contribution >= 0.6 is 23.4 Å². The molecule has 7 nitrogen and oxygen atoms in total. The van der Waals surface area contributed by atoms with Gasteiger partial charge in [0.15, 0.2) is 0 Å². The van der Waals surface area contributed by atoms with Gasteiger partial charge in [-0.1, -0.05) is 11.6 Å². The number of halogens is 1. The van der Waals surface area contributed by atoms with Crippen molar-refractivity contribution in [3.05, 3.63) is 23.1 Å². The number of H-pyrrole nitrogens is 1. The molecule has 3 heterocycles. The van der Waals surface area contributed by atoms with E-state index in [0.717, 1.165) is 0 Å². The summed E-state index contributed by atoms with van der Waals surface area (Å²) in [4.78, 5) is 31.2. The average molecular weight is 301 g/mol. The van der Waals surface area contributed by atoms with Crippen LogP contribution in [0.25, 0.3) is 0 Å². The molecule has 0 aliphatic carbocycles. The summed E-state index contributed by atoms with van der Waals surface area (Å²) >= 11 is 7.30. The van der Waals surface area contributed by atoms with Gasteiger partial charge in [-0.05, 0) is 0 Å². The molecule has 0 spiro atoms. The van der Waals surface area contributed by atoms with E-state index >= 15 is 0 Å². The van der Waals surface area contributed by atoms with E-state index in [1.54, 1.807) is 12.4 Å². The molecule has 3 rings (SSSR count). The summed E-state index contributed by atoms with van der Waals surface area (Å²) in [5, 5.41) is 12.0. The van der Waals surface area contributed by atoms with Crippen LogP contribution in [0.15, 0.2) is 23.1 Å². The lowest BCUT2D eigenvalue weighted by atomic mass is 10.1. The molecular formula is C10H9ClN4O3S. The average Bonchev–Trinajstić information content (AvgIpc) is 2.88. The molecule has 3 N–H and O–H groups in total. The second kappa shape index (κ2) is 4.46. The van der Waals surface area contributed by atoms with Gasteiger partial charge in [-0.3, -0.25) is 9.69 Å². The highest BCUT2D eigenvalue weighted by molar-refractivity contribution is 8.00. The maximum absolute atomic E-state index is 12.0. The number of aliphatic carboxylic acids is 1. The summed E-state index contributed by atoms with van der Waals surface area (Å²) < 4.78 is 0. The van der Waals surface area contributed by atoms with E-state index in [1.807, 2.05) is 0 Å². The van der Waals surface area contributed by atoms with E-state index in [-0.39, 0.29) is 22.0 Å². The van der Waals surface area contributed by atoms with Crippen molar-refractivity contribution in [3.8, 4) is 0 Å². The number of fused-ring (bicyclic) bond motifs is 1. The fraction of sp³-hybridized carbons (Fsp3) is 0.300. The van der Waals surface area contributed by atoms with Crippen molar-refractivity contribution in [1.82, 2.24) is 14.9 Å². The first-order valence-electron chi connectivity index (χ1n) is 5.42. The molecule has 0 radical (unpaired) electrons. The van der Waals surface area contributed by atoms with Gasteiger partial charge < -0.3 is 15.4 Å². The first kappa shape index (κ1) is 12.4. The summed E-state index contributed by atoms with van der Waals surface area (Å²) in [6.07, 6.45) is 3.20. The van der Waals surface area contributed by atoms with Crippen LogP contribution in [0.1, 0.15) is 0 Å². The van der Waals surface area contributed by atoms with Crippen LogP contribution in [-0.2, 0) is 9.59 Å². The molecule has 9 heteroatoms. The van der Waals surface area contributed by atoms with Crippen LogP contribution in [0, 0.1) is 0 Å². The fourth-order valence-corrected chi connectivity index (χ4v) is 3.62. The van der Waals surface area contributed by atoms with Crippen LogP contribution in [0.4, 0.5) is 5.95 Å². The normalized spacial score (nSPS) is 25.9. The molecule has 1 fully saturated rings. The van der Waals surface area contributed by atoms with Gasteiger partial charge in [0, 0.05) is 18.1 Å². The number of anilines is 1. The topological polar surface area (TPSA) is 98.3 Å². The van der Waals surface area contributed by atoms with Crippen molar-refractivity contribution in [2.75, 3.05) is 11.1 Å². The second-order valence-corrected chi connectivity index (χ2v) is 5.59. The number of aromatic amines is 1. The largest absolute Gasteiger partial charge is 0.477 e. The van der Waals surface area contributed by atoms with Crippen molar-refractivity contribution >= 4 is 41.2 Å². The SMILES string of the molecule is O=C(O)C1=C(Cl)CS[C@H]2C(Nc3ncc[nH]3)C(=O)N12. The molecule has 0 aromatic carbocycles. The van der Waals surface area contributed by atoms with Gasteiger partial charge in [0.05, 0.1) is 5.03 Å². The zero-order valence-corrected chi connectivity index (χ0v) is 11.0. The summed E-state index contributed by atoms with van der Waals surface area (Å²) in [7, 11) is 0. The number of imidazole rings is 1. The fourth-order valence-electron chi connectivity index (χ4n) is 2.07. The molecule has 2 aliphatic heterocycles. The predicted molar refractivity (Wildman–Crippen MR) is 69.6 cm³/mol. The Morgan fingerprint density at radius 1 is 1.68 bits per heavy atom. The molecule has 1 unspecified atom stereocenters. The number of thioether (sulfide) groups is 1. The van der Waals surface area contributed by atoms with Crippen LogP contribution in [0.5, 0.6) is 0 Å². The number of carboxylic acid groups (broad SMARTS) is 1. The minimum absolute atomic E-state index is 0.118. The standard InChI is InChI=1S/C10H9ClN4O3S/c11-4-3-19-8-5(14-10-12-1-2-13-10)7(16)15(8)6(4)9(17)18/h1-2,5,8H,3H2,(H,17,18)(H2,12,13,14)/t5?,8-/m0/s1. The zero-order chi connectivity index (χ0) is 13.6. The van der Waals surface area contributed by atoms with Crippen molar-refractivity contribution < 1.29 is 14.7 Å². The van der Waals surface area contributed by atoms with Crippen molar-refractivity contribution in [2.45, 2.75) is 11.4 Å². The van der Waals surface area contributed by atoms with E-state index in [4.69, 9.17) is 16.7 Å². The number of carbonyl (C=O) groups excluding carboxylic acids is 1. The molecule has 19 heavy (non-hydrogen) atoms. The molecule has 2 aliphatic rings. The Balaban J connectivity index is 1.82. The molecule has 1 aromatic rings. The molecule has 1 amide bonds. The van der Waals surface area contributed by atoms with Gasteiger partial charge in [-0.2, -0.15) is 0 Å². The zero-order valence-electron chi connectivity index (χ0n) is 9.46. The molecule has 100 valence electrons. The Morgan fingerprint density at radius 2 is 2.47 bits per heavy atom. The lowest BCUT2D eigenvalue weighted by Crippen LogP contribution is -2.67. The van der Waals surface area contributed by atoms with E-state index < -0.39 is 12.0 Å². The van der Waals surface area contributed by atoms with Gasteiger partial charge in [0.2, 0.25) is 5.95 Å². The number of nitrogens with one attached hydrogen (secondary N) is 2. The van der Waals surface area contributed by atoms with E-state index in [9.17, 15) is 9.59 Å². The monoisotopic (exact) mass is 300 g/mol. The number of hydrogen-bond acceptors (Lipinski definition) is 5. The highest BCUT2D eigenvalue weighted by atomic mass is 35.5. The van der Waals surface area contributed by atoms with Crippen LogP contribution in [0.3, 0.4) is 0 Å². The van der Waals surface area contributed by atoms with Gasteiger partial charge in [0.25, 0.3) is 5.91 Å². The van der Waals surface area contributed by atoms with E-state index in [1.165, 1.54) is 16.7 Å². The van der Waals surface area contributed by atoms with Crippen molar-refractivity contribution in [2.24, 2.45) is 0 Å². The Labute approximate surface area is 117 Å². The molecule has 2 atom stereocenters. The Hall–Kier alpha value is -1.67. The molecular weight excluding hydrogens is 292 g/mol. The third-order valence-electron chi connectivity index (χ3n) is 2.91. The maximum atomic E-state index is 12.0. The summed E-state index contributed by atoms with van der Waals surface area (Å²) in [6.45, 7) is 0. The minimum atomic E-state index is -1.18. The van der Waals surface area contributed by atoms with Gasteiger partial charge in [0.1, 0.15) is 17.1 Å². The number of carboxylic acids is 1. The first-order valence-corrected chi connectivity index (χ1v) is 6.85. The number of hydrogen-bond donors (Lipinski definition) is 3. The highest BCUT2D eigenvalue weighted by Gasteiger charge is 2.53. The molecule has 1 aromatic heterocycles. The maximum Gasteiger partial charge on any atom is 0.353 e. The van der Waals surface area contributed by atoms with Gasteiger partial charge in [-0.25, -0.2) is 9.78 Å². The number of amides is 1. The molecule has 0 bridgehead atoms. The number of carbonyl (C=O) groups is 2.